The first-order valence-electron chi connectivity index (χ1n) is 11.4. The maximum Gasteiger partial charge on any atom is 0.417 e. The monoisotopic (exact) mass is 550 g/mol. The van der Waals surface area contributed by atoms with Gasteiger partial charge in [0, 0.05) is 46.1 Å². The van der Waals surface area contributed by atoms with Crippen LogP contribution in [0.15, 0.2) is 36.5 Å². The van der Waals surface area contributed by atoms with Crippen LogP contribution in [0.4, 0.5) is 30.7 Å². The third-order valence-corrected chi connectivity index (χ3v) is 7.18. The molecule has 0 amide bonds. The van der Waals surface area contributed by atoms with Gasteiger partial charge in [-0.1, -0.05) is 26.8 Å². The number of nitrogens with one attached hydrogen (secondary N) is 1. The quantitative estimate of drug-likeness (QED) is 0.250. The number of alkyl halides is 5. The summed E-state index contributed by atoms with van der Waals surface area (Å²) in [5.41, 5.74) is -2.57. The van der Waals surface area contributed by atoms with Crippen molar-refractivity contribution in [2.75, 3.05) is 0 Å². The van der Waals surface area contributed by atoms with E-state index in [9.17, 15) is 30.9 Å². The predicted molar refractivity (Wildman–Crippen MR) is 132 cm³/mol. The van der Waals surface area contributed by atoms with Crippen LogP contribution in [0.2, 0.25) is 0 Å². The van der Waals surface area contributed by atoms with Gasteiger partial charge >= 0.3 is 6.18 Å². The van der Waals surface area contributed by atoms with Crippen molar-refractivity contribution < 1.29 is 35.3 Å². The van der Waals surface area contributed by atoms with Crippen molar-refractivity contribution in [2.24, 2.45) is 5.41 Å². The molecular weight excluding hydrogens is 521 g/mol. The molecule has 3 nitrogen and oxygen atoms in total. The van der Waals surface area contributed by atoms with E-state index in [0.717, 1.165) is 24.3 Å². The van der Waals surface area contributed by atoms with Crippen LogP contribution in [0.1, 0.15) is 58.7 Å². The minimum Gasteiger partial charge on any atom is -0.598 e. The third kappa shape index (κ3) is 6.61. The lowest BCUT2D eigenvalue weighted by atomic mass is 9.95. The Kier molecular flexibility index (Phi) is 8.04. The molecule has 2 atom stereocenters. The van der Waals surface area contributed by atoms with Gasteiger partial charge in [0.05, 0.1) is 5.56 Å². The number of nitrogens with zero attached hydrogens (tertiary/aromatic N) is 1. The van der Waals surface area contributed by atoms with Crippen molar-refractivity contribution in [1.82, 2.24) is 9.29 Å². The lowest BCUT2D eigenvalue weighted by Gasteiger charge is -2.27. The fourth-order valence-corrected chi connectivity index (χ4v) is 4.78. The Morgan fingerprint density at radius 3 is 2.08 bits per heavy atom. The Hall–Kier alpha value is -2.24. The van der Waals surface area contributed by atoms with Crippen LogP contribution in [0.25, 0.3) is 22.0 Å². The number of hydrogen-bond donors (Lipinski definition) is 1. The molecule has 1 heterocycles. The van der Waals surface area contributed by atoms with Crippen LogP contribution in [0, 0.1) is 17.0 Å². The average molecular weight is 551 g/mol. The first-order valence-corrected chi connectivity index (χ1v) is 12.6. The highest BCUT2D eigenvalue weighted by Crippen LogP contribution is 2.41. The smallest absolute Gasteiger partial charge is 0.417 e. The van der Waals surface area contributed by atoms with E-state index in [0.29, 0.717) is 0 Å². The molecular formula is C26H29F7N2OS. The van der Waals surface area contributed by atoms with Crippen LogP contribution in [-0.4, -0.2) is 20.3 Å². The number of hydrogen-bond acceptors (Lipinski definition) is 2. The van der Waals surface area contributed by atoms with Crippen molar-refractivity contribution in [1.29, 1.82) is 0 Å². The fourth-order valence-electron chi connectivity index (χ4n) is 3.96. The second kappa shape index (κ2) is 10.1. The molecule has 1 aromatic heterocycles. The van der Waals surface area contributed by atoms with Gasteiger partial charge in [-0.15, -0.1) is 4.72 Å². The van der Waals surface area contributed by atoms with Crippen molar-refractivity contribution >= 4 is 22.3 Å². The lowest BCUT2D eigenvalue weighted by molar-refractivity contribution is -0.137. The maximum atomic E-state index is 15.4. The molecule has 2 unspecified atom stereocenters. The van der Waals surface area contributed by atoms with Crippen molar-refractivity contribution in [2.45, 2.75) is 71.5 Å². The molecule has 0 saturated carbocycles. The van der Waals surface area contributed by atoms with Crippen LogP contribution in [0.5, 0.6) is 0 Å². The van der Waals surface area contributed by atoms with Gasteiger partial charge in [0.25, 0.3) is 6.43 Å². The number of rotatable bonds is 6. The van der Waals surface area contributed by atoms with E-state index in [4.69, 9.17) is 0 Å². The summed E-state index contributed by atoms with van der Waals surface area (Å²) in [6.07, 6.45) is -6.59. The Bertz CT molecular complexity index is 1270. The van der Waals surface area contributed by atoms with E-state index in [1.165, 1.54) is 6.20 Å². The van der Waals surface area contributed by atoms with Crippen LogP contribution < -0.4 is 4.72 Å². The molecule has 37 heavy (non-hydrogen) atoms. The van der Waals surface area contributed by atoms with E-state index >= 15 is 4.39 Å². The zero-order valence-electron chi connectivity index (χ0n) is 21.2. The predicted octanol–water partition coefficient (Wildman–Crippen LogP) is 8.01. The van der Waals surface area contributed by atoms with Crippen molar-refractivity contribution in [3.05, 3.63) is 59.3 Å². The summed E-state index contributed by atoms with van der Waals surface area (Å²) in [6.45, 7) is 10.7. The number of fused-ring (bicyclic) bond motifs is 1. The van der Waals surface area contributed by atoms with Gasteiger partial charge < -0.3 is 9.12 Å². The molecule has 0 aliphatic carbocycles. The number of aromatic nitrogens is 1. The van der Waals surface area contributed by atoms with Crippen molar-refractivity contribution in [3.8, 4) is 11.1 Å². The normalized spacial score (nSPS) is 15.0. The molecule has 0 fully saturated rings. The Morgan fingerprint density at radius 2 is 1.57 bits per heavy atom. The van der Waals surface area contributed by atoms with E-state index in [2.05, 4.69) is 4.72 Å². The van der Waals surface area contributed by atoms with E-state index in [-0.39, 0.29) is 34.5 Å². The Morgan fingerprint density at radius 1 is 0.946 bits per heavy atom. The molecule has 0 aliphatic rings. The third-order valence-electron chi connectivity index (χ3n) is 5.60. The molecule has 0 spiro atoms. The van der Waals surface area contributed by atoms with E-state index < -0.39 is 63.1 Å². The summed E-state index contributed by atoms with van der Waals surface area (Å²) in [4.78, 5) is 0. The van der Waals surface area contributed by atoms with Gasteiger partial charge in [0.1, 0.15) is 22.4 Å². The maximum absolute atomic E-state index is 15.4. The zero-order valence-corrected chi connectivity index (χ0v) is 22.1. The highest BCUT2D eigenvalue weighted by atomic mass is 32.2. The summed E-state index contributed by atoms with van der Waals surface area (Å²) < 4.78 is 114. The molecule has 3 rings (SSSR count). The molecule has 0 radical (unpaired) electrons. The van der Waals surface area contributed by atoms with Gasteiger partial charge in [-0.25, -0.2) is 17.6 Å². The fraction of sp³-hybridized carbons (Fsp3) is 0.462. The number of halogens is 7. The first kappa shape index (κ1) is 29.3. The average Bonchev–Trinajstić information content (AvgIpc) is 3.04. The molecule has 2 aromatic carbocycles. The standard InChI is InChI=1S/C26H29F7N2OS/c1-24(2,3)13-35-12-18(22(23(29)30)34-37(36)25(4,5)6)17-10-20(28)16(11-21(17)35)15-8-7-14(27)9-19(15)26(31,32)33/h7-12,22-23,34H,13H2,1-6H3. The SMILES string of the molecule is CC(C)(C)Cn1cc(C(N[S+]([O-])C(C)(C)C)C(F)F)c2cc(F)c(-c3ccc(F)cc3C(F)(F)F)cc21. The minimum atomic E-state index is -4.96. The summed E-state index contributed by atoms with van der Waals surface area (Å²) in [7, 11) is 0. The summed E-state index contributed by atoms with van der Waals surface area (Å²) in [5, 5.41) is 0.0462. The highest BCUT2D eigenvalue weighted by Gasteiger charge is 2.37. The van der Waals surface area contributed by atoms with Crippen LogP contribution >= 0.6 is 0 Å². The largest absolute Gasteiger partial charge is 0.598 e. The van der Waals surface area contributed by atoms with Crippen LogP contribution in [-0.2, 0) is 24.1 Å². The summed E-state index contributed by atoms with van der Waals surface area (Å²) in [6, 6.07) is 2.26. The number of benzene rings is 2. The zero-order chi connectivity index (χ0) is 28.1. The first-order chi connectivity index (χ1) is 16.8. The van der Waals surface area contributed by atoms with Crippen molar-refractivity contribution in [3.63, 3.8) is 0 Å². The highest BCUT2D eigenvalue weighted by molar-refractivity contribution is 7.90. The molecule has 11 heteroatoms. The molecule has 1 N–H and O–H groups in total. The molecule has 204 valence electrons. The molecule has 0 aliphatic heterocycles. The van der Waals surface area contributed by atoms with E-state index in [1.54, 1.807) is 25.3 Å². The van der Waals surface area contributed by atoms with Gasteiger partial charge in [-0.05, 0) is 56.0 Å². The summed E-state index contributed by atoms with van der Waals surface area (Å²) in [5.74, 6) is -2.22. The minimum absolute atomic E-state index is 0.0348. The molecule has 0 saturated heterocycles. The van der Waals surface area contributed by atoms with Gasteiger partial charge in [0.15, 0.2) is 0 Å². The molecule has 3 aromatic rings. The Balaban J connectivity index is 2.30. The second-order valence-corrected chi connectivity index (χ2v) is 13.1. The lowest BCUT2D eigenvalue weighted by Crippen LogP contribution is -2.43. The molecule has 0 bridgehead atoms. The van der Waals surface area contributed by atoms with Crippen LogP contribution in [0.3, 0.4) is 0 Å². The topological polar surface area (TPSA) is 40.0 Å². The van der Waals surface area contributed by atoms with Gasteiger partial charge in [0.2, 0.25) is 0 Å². The van der Waals surface area contributed by atoms with Gasteiger partial charge in [-0.2, -0.15) is 13.2 Å². The Labute approximate surface area is 214 Å². The van der Waals surface area contributed by atoms with Gasteiger partial charge in [-0.3, -0.25) is 0 Å². The van der Waals surface area contributed by atoms with E-state index in [1.807, 2.05) is 20.8 Å². The second-order valence-electron chi connectivity index (χ2n) is 11.1. The summed E-state index contributed by atoms with van der Waals surface area (Å²) >= 11 is -1.89.